The lowest BCUT2D eigenvalue weighted by atomic mass is 9.99. The van der Waals surface area contributed by atoms with Crippen molar-refractivity contribution < 1.29 is 14.7 Å². The Bertz CT molecular complexity index is 1030. The van der Waals surface area contributed by atoms with E-state index in [-0.39, 0.29) is 6.42 Å². The van der Waals surface area contributed by atoms with E-state index in [0.717, 1.165) is 16.7 Å². The first-order valence-electron chi connectivity index (χ1n) is 9.07. The van der Waals surface area contributed by atoms with Gasteiger partial charge in [-0.05, 0) is 34.9 Å². The first-order valence-corrected chi connectivity index (χ1v) is 9.45. The topological polar surface area (TPSA) is 66.4 Å². The van der Waals surface area contributed by atoms with E-state index in [1.165, 1.54) is 0 Å². The van der Waals surface area contributed by atoms with Crippen LogP contribution in [0.2, 0.25) is 5.02 Å². The molecule has 0 fully saturated rings. The van der Waals surface area contributed by atoms with Crippen molar-refractivity contribution in [3.05, 3.63) is 102 Å². The maximum absolute atomic E-state index is 12.6. The van der Waals surface area contributed by atoms with Crippen LogP contribution >= 0.6 is 11.6 Å². The minimum absolute atomic E-state index is 0.114. The van der Waals surface area contributed by atoms with Crippen molar-refractivity contribution in [3.63, 3.8) is 0 Å². The van der Waals surface area contributed by atoms with E-state index in [0.29, 0.717) is 16.2 Å². The van der Waals surface area contributed by atoms with Crippen molar-refractivity contribution >= 4 is 29.1 Å². The van der Waals surface area contributed by atoms with E-state index in [1.54, 1.807) is 30.3 Å². The Hall–Kier alpha value is -3.37. The summed E-state index contributed by atoms with van der Waals surface area (Å²) < 4.78 is 0. The van der Waals surface area contributed by atoms with Crippen LogP contribution in [0, 0.1) is 0 Å². The van der Waals surface area contributed by atoms with Gasteiger partial charge in [0.15, 0.2) is 0 Å². The number of benzene rings is 3. The zero-order valence-electron chi connectivity index (χ0n) is 15.6. The van der Waals surface area contributed by atoms with Gasteiger partial charge in [-0.2, -0.15) is 0 Å². The zero-order chi connectivity index (χ0) is 20.8. The molecule has 2 N–H and O–H groups in total. The van der Waals surface area contributed by atoms with Gasteiger partial charge in [-0.3, -0.25) is 4.79 Å². The van der Waals surface area contributed by atoms with E-state index in [2.05, 4.69) is 11.9 Å². The van der Waals surface area contributed by atoms with E-state index in [4.69, 9.17) is 11.6 Å². The van der Waals surface area contributed by atoms with Crippen molar-refractivity contribution in [2.24, 2.45) is 0 Å². The van der Waals surface area contributed by atoms with Crippen LogP contribution in [0.15, 0.2) is 85.4 Å². The predicted octanol–water partition coefficient (Wildman–Crippen LogP) is 5.29. The highest BCUT2D eigenvalue weighted by Crippen LogP contribution is 2.27. The number of carbonyl (C=O) groups excluding carboxylic acids is 1. The maximum Gasteiger partial charge on any atom is 0.326 e. The Morgan fingerprint density at radius 2 is 1.52 bits per heavy atom. The molecule has 3 aromatic carbocycles. The fourth-order valence-electron chi connectivity index (χ4n) is 2.98. The van der Waals surface area contributed by atoms with Gasteiger partial charge >= 0.3 is 5.97 Å². The molecule has 0 aliphatic heterocycles. The molecule has 0 aliphatic rings. The summed E-state index contributed by atoms with van der Waals surface area (Å²) >= 11 is 6.21. The van der Waals surface area contributed by atoms with Gasteiger partial charge in [0.1, 0.15) is 6.04 Å². The van der Waals surface area contributed by atoms with Crippen LogP contribution in [-0.4, -0.2) is 23.0 Å². The normalized spacial score (nSPS) is 11.5. The van der Waals surface area contributed by atoms with Crippen LogP contribution in [0.25, 0.3) is 16.7 Å². The molecule has 1 amide bonds. The highest BCUT2D eigenvalue weighted by Gasteiger charge is 2.22. The van der Waals surface area contributed by atoms with Gasteiger partial charge in [0, 0.05) is 22.6 Å². The average molecular weight is 406 g/mol. The maximum atomic E-state index is 12.6. The Kier molecular flexibility index (Phi) is 6.47. The van der Waals surface area contributed by atoms with Crippen LogP contribution in [0.5, 0.6) is 0 Å². The first kappa shape index (κ1) is 20.4. The molecule has 0 heterocycles. The van der Waals surface area contributed by atoms with Crippen molar-refractivity contribution in [2.45, 2.75) is 12.5 Å². The Balaban J connectivity index is 1.71. The third-order valence-corrected chi connectivity index (χ3v) is 4.90. The van der Waals surface area contributed by atoms with Crippen LogP contribution in [0.4, 0.5) is 0 Å². The Morgan fingerprint density at radius 3 is 2.14 bits per heavy atom. The number of aliphatic carboxylic acids is 1. The third kappa shape index (κ3) is 5.12. The molecule has 0 spiro atoms. The van der Waals surface area contributed by atoms with Crippen molar-refractivity contribution in [1.29, 1.82) is 0 Å². The summed E-state index contributed by atoms with van der Waals surface area (Å²) in [7, 11) is 0. The lowest BCUT2D eigenvalue weighted by Crippen LogP contribution is -2.40. The van der Waals surface area contributed by atoms with Gasteiger partial charge in [-0.15, -0.1) is 0 Å². The van der Waals surface area contributed by atoms with Crippen molar-refractivity contribution in [3.8, 4) is 11.1 Å². The standard InChI is InChI=1S/C24H20ClNO3/c1-16(17-7-3-2-4-8-17)15-22(24(28)29)26-23(27)19-13-11-18(12-14-19)20-9-5-6-10-21(20)25/h2-14,22H,1,15H2,(H,26,27)(H,28,29). The van der Waals surface area contributed by atoms with E-state index in [1.807, 2.05) is 48.5 Å². The molecule has 0 saturated carbocycles. The number of carboxylic acid groups (broad SMARTS) is 1. The molecule has 0 bridgehead atoms. The molecular formula is C24H20ClNO3. The largest absolute Gasteiger partial charge is 0.480 e. The fourth-order valence-corrected chi connectivity index (χ4v) is 3.22. The summed E-state index contributed by atoms with van der Waals surface area (Å²) in [5, 5.41) is 12.7. The van der Waals surface area contributed by atoms with Gasteiger partial charge in [0.25, 0.3) is 5.91 Å². The number of hydrogen-bond acceptors (Lipinski definition) is 2. The summed E-state index contributed by atoms with van der Waals surface area (Å²) in [5.74, 6) is -1.56. The molecule has 0 saturated heterocycles. The molecule has 0 aliphatic carbocycles. The van der Waals surface area contributed by atoms with Crippen LogP contribution in [-0.2, 0) is 4.79 Å². The van der Waals surface area contributed by atoms with Crippen LogP contribution in [0.1, 0.15) is 22.3 Å². The van der Waals surface area contributed by atoms with Crippen molar-refractivity contribution in [1.82, 2.24) is 5.32 Å². The molecule has 29 heavy (non-hydrogen) atoms. The summed E-state index contributed by atoms with van der Waals surface area (Å²) in [6.45, 7) is 3.95. The molecule has 0 aromatic heterocycles. The molecule has 1 atom stereocenters. The number of rotatable bonds is 7. The van der Waals surface area contributed by atoms with E-state index >= 15 is 0 Å². The number of carbonyl (C=O) groups is 2. The molecule has 146 valence electrons. The minimum atomic E-state index is -1.11. The van der Waals surface area contributed by atoms with Crippen LogP contribution < -0.4 is 5.32 Å². The van der Waals surface area contributed by atoms with Crippen molar-refractivity contribution in [2.75, 3.05) is 0 Å². The molecule has 3 aromatic rings. The number of amides is 1. The second kappa shape index (κ2) is 9.22. The lowest BCUT2D eigenvalue weighted by Gasteiger charge is -2.16. The quantitative estimate of drug-likeness (QED) is 0.561. The number of hydrogen-bond donors (Lipinski definition) is 2. The summed E-state index contributed by atoms with van der Waals surface area (Å²) in [4.78, 5) is 24.2. The third-order valence-electron chi connectivity index (χ3n) is 4.57. The number of carboxylic acids is 1. The Labute approximate surface area is 174 Å². The summed E-state index contributed by atoms with van der Waals surface area (Å²) in [6.07, 6.45) is 0.114. The Morgan fingerprint density at radius 1 is 0.897 bits per heavy atom. The zero-order valence-corrected chi connectivity index (χ0v) is 16.4. The summed E-state index contributed by atoms with van der Waals surface area (Å²) in [6, 6.07) is 22.5. The van der Waals surface area contributed by atoms with Gasteiger partial charge < -0.3 is 10.4 Å². The molecular weight excluding hydrogens is 386 g/mol. The molecule has 1 unspecified atom stereocenters. The highest BCUT2D eigenvalue weighted by atomic mass is 35.5. The number of halogens is 1. The average Bonchev–Trinajstić information content (AvgIpc) is 2.74. The molecule has 3 rings (SSSR count). The SMILES string of the molecule is C=C(CC(NC(=O)c1ccc(-c2ccccc2Cl)cc1)C(=O)O)c1ccccc1. The summed E-state index contributed by atoms with van der Waals surface area (Å²) in [5.41, 5.74) is 3.60. The second-order valence-electron chi connectivity index (χ2n) is 6.60. The van der Waals surface area contributed by atoms with E-state index in [9.17, 15) is 14.7 Å². The second-order valence-corrected chi connectivity index (χ2v) is 7.00. The van der Waals surface area contributed by atoms with Crippen LogP contribution in [0.3, 0.4) is 0 Å². The number of nitrogens with one attached hydrogen (secondary N) is 1. The lowest BCUT2D eigenvalue weighted by molar-refractivity contribution is -0.139. The smallest absolute Gasteiger partial charge is 0.326 e. The van der Waals surface area contributed by atoms with Gasteiger partial charge in [-0.25, -0.2) is 4.79 Å². The fraction of sp³-hybridized carbons (Fsp3) is 0.0833. The van der Waals surface area contributed by atoms with E-state index < -0.39 is 17.9 Å². The molecule has 0 radical (unpaired) electrons. The predicted molar refractivity (Wildman–Crippen MR) is 116 cm³/mol. The minimum Gasteiger partial charge on any atom is -0.480 e. The molecule has 5 heteroatoms. The highest BCUT2D eigenvalue weighted by molar-refractivity contribution is 6.33. The molecule has 4 nitrogen and oxygen atoms in total. The van der Waals surface area contributed by atoms with Gasteiger partial charge in [-0.1, -0.05) is 78.8 Å². The monoisotopic (exact) mass is 405 g/mol. The van der Waals surface area contributed by atoms with Gasteiger partial charge in [0.05, 0.1) is 0 Å². The first-order chi connectivity index (χ1) is 14.0. The van der Waals surface area contributed by atoms with Gasteiger partial charge in [0.2, 0.25) is 0 Å².